The Labute approximate surface area is 150 Å². The smallest absolute Gasteiger partial charge is 0.257 e. The van der Waals surface area contributed by atoms with E-state index in [9.17, 15) is 4.79 Å². The van der Waals surface area contributed by atoms with E-state index in [1.807, 2.05) is 78.9 Å². The number of aryl methyl sites for hydroxylation is 2. The SMILES string of the molecule is C[C@H](NC(=O)c1cnn(C)c1-n1cccc1)c1nc2ccccc2n1C. The molecule has 0 aliphatic rings. The maximum absolute atomic E-state index is 12.9. The molecular weight excluding hydrogens is 328 g/mol. The summed E-state index contributed by atoms with van der Waals surface area (Å²) in [5.74, 6) is 1.36. The van der Waals surface area contributed by atoms with E-state index in [2.05, 4.69) is 15.4 Å². The highest BCUT2D eigenvalue weighted by molar-refractivity contribution is 5.97. The molecule has 1 amide bonds. The first kappa shape index (κ1) is 16.1. The predicted molar refractivity (Wildman–Crippen MR) is 99.1 cm³/mol. The van der Waals surface area contributed by atoms with Gasteiger partial charge in [0.15, 0.2) is 0 Å². The number of fused-ring (bicyclic) bond motifs is 1. The number of amides is 1. The van der Waals surface area contributed by atoms with Crippen LogP contribution in [0.4, 0.5) is 0 Å². The molecule has 0 aliphatic heterocycles. The molecule has 3 aromatic heterocycles. The van der Waals surface area contributed by atoms with Crippen LogP contribution in [0.3, 0.4) is 0 Å². The van der Waals surface area contributed by atoms with Crippen LogP contribution in [0.15, 0.2) is 55.0 Å². The summed E-state index contributed by atoms with van der Waals surface area (Å²) in [5.41, 5.74) is 2.48. The molecule has 3 heterocycles. The molecule has 0 fully saturated rings. The Hall–Kier alpha value is -3.35. The first-order valence-corrected chi connectivity index (χ1v) is 8.44. The van der Waals surface area contributed by atoms with E-state index in [1.54, 1.807) is 10.9 Å². The van der Waals surface area contributed by atoms with Crippen LogP contribution in [0.5, 0.6) is 0 Å². The molecule has 4 rings (SSSR count). The van der Waals surface area contributed by atoms with Crippen LogP contribution >= 0.6 is 0 Å². The number of hydrogen-bond acceptors (Lipinski definition) is 3. The van der Waals surface area contributed by atoms with Gasteiger partial charge in [-0.2, -0.15) is 5.10 Å². The van der Waals surface area contributed by atoms with Crippen LogP contribution in [-0.2, 0) is 14.1 Å². The van der Waals surface area contributed by atoms with Gasteiger partial charge in [-0.3, -0.25) is 9.48 Å². The van der Waals surface area contributed by atoms with Crippen LogP contribution in [0.1, 0.15) is 29.1 Å². The molecule has 4 aromatic rings. The van der Waals surface area contributed by atoms with Crippen LogP contribution in [0.25, 0.3) is 16.9 Å². The zero-order valence-electron chi connectivity index (χ0n) is 14.9. The minimum Gasteiger partial charge on any atom is -0.342 e. The summed E-state index contributed by atoms with van der Waals surface area (Å²) in [5, 5.41) is 7.28. The van der Waals surface area contributed by atoms with Gasteiger partial charge in [0.25, 0.3) is 5.91 Å². The number of benzene rings is 1. The van der Waals surface area contributed by atoms with Gasteiger partial charge in [-0.15, -0.1) is 0 Å². The minimum absolute atomic E-state index is 0.179. The Morgan fingerprint density at radius 3 is 2.58 bits per heavy atom. The second-order valence-electron chi connectivity index (χ2n) is 6.31. The standard InChI is InChI=1S/C19H20N6O/c1-13(17-22-15-8-4-5-9-16(15)23(17)2)21-18(26)14-12-20-24(3)19(14)25-10-6-7-11-25/h4-13H,1-3H3,(H,21,26)/t13-/m0/s1. The summed E-state index contributed by atoms with van der Waals surface area (Å²) in [7, 11) is 3.78. The zero-order chi connectivity index (χ0) is 18.3. The third-order valence-corrected chi connectivity index (χ3v) is 4.56. The van der Waals surface area contributed by atoms with Gasteiger partial charge in [0.2, 0.25) is 0 Å². The summed E-state index contributed by atoms with van der Waals surface area (Å²) in [4.78, 5) is 17.5. The van der Waals surface area contributed by atoms with Crippen LogP contribution in [0.2, 0.25) is 0 Å². The zero-order valence-corrected chi connectivity index (χ0v) is 14.9. The molecule has 1 N–H and O–H groups in total. The third kappa shape index (κ3) is 2.57. The first-order chi connectivity index (χ1) is 12.6. The highest BCUT2D eigenvalue weighted by Crippen LogP contribution is 2.20. The Bertz CT molecular complexity index is 1070. The molecule has 0 radical (unpaired) electrons. The molecule has 7 heteroatoms. The van der Waals surface area contributed by atoms with Crippen LogP contribution < -0.4 is 5.32 Å². The number of aromatic nitrogens is 5. The van der Waals surface area contributed by atoms with Gasteiger partial charge in [0.05, 0.1) is 23.3 Å². The topological polar surface area (TPSA) is 69.7 Å². The van der Waals surface area contributed by atoms with Crippen LogP contribution in [-0.4, -0.2) is 29.8 Å². The largest absolute Gasteiger partial charge is 0.342 e. The normalized spacial score (nSPS) is 12.4. The maximum atomic E-state index is 12.9. The number of nitrogens with one attached hydrogen (secondary N) is 1. The minimum atomic E-state index is -0.238. The lowest BCUT2D eigenvalue weighted by Crippen LogP contribution is -2.29. The maximum Gasteiger partial charge on any atom is 0.257 e. The lowest BCUT2D eigenvalue weighted by atomic mass is 10.2. The lowest BCUT2D eigenvalue weighted by Gasteiger charge is -2.14. The molecule has 0 aliphatic carbocycles. The first-order valence-electron chi connectivity index (χ1n) is 8.44. The van der Waals surface area contributed by atoms with E-state index in [0.29, 0.717) is 5.56 Å². The molecule has 0 saturated heterocycles. The molecular formula is C19H20N6O. The average Bonchev–Trinajstić information content (AvgIpc) is 3.34. The number of carbonyl (C=O) groups excluding carboxylic acids is 1. The van der Waals surface area contributed by atoms with Gasteiger partial charge in [-0.1, -0.05) is 12.1 Å². The van der Waals surface area contributed by atoms with Crippen molar-refractivity contribution < 1.29 is 4.79 Å². The summed E-state index contributed by atoms with van der Waals surface area (Å²) in [6.07, 6.45) is 5.37. The molecule has 132 valence electrons. The number of imidazole rings is 1. The molecule has 0 spiro atoms. The van der Waals surface area contributed by atoms with Crippen molar-refractivity contribution in [1.82, 2.24) is 29.2 Å². The van der Waals surface area contributed by atoms with Gasteiger partial charge in [0, 0.05) is 26.5 Å². The average molecular weight is 348 g/mol. The lowest BCUT2D eigenvalue weighted by molar-refractivity contribution is 0.0938. The van der Waals surface area contributed by atoms with Crippen molar-refractivity contribution in [3.63, 3.8) is 0 Å². The van der Waals surface area contributed by atoms with Crippen molar-refractivity contribution in [3.05, 3.63) is 66.4 Å². The molecule has 1 atom stereocenters. The number of para-hydroxylation sites is 2. The van der Waals surface area contributed by atoms with E-state index in [-0.39, 0.29) is 11.9 Å². The van der Waals surface area contributed by atoms with Crippen molar-refractivity contribution in [1.29, 1.82) is 0 Å². The number of nitrogens with zero attached hydrogens (tertiary/aromatic N) is 5. The van der Waals surface area contributed by atoms with Gasteiger partial charge in [-0.05, 0) is 31.2 Å². The monoisotopic (exact) mass is 348 g/mol. The number of hydrogen-bond donors (Lipinski definition) is 1. The van der Waals surface area contributed by atoms with Crippen molar-refractivity contribution in [2.45, 2.75) is 13.0 Å². The fourth-order valence-electron chi connectivity index (χ4n) is 3.26. The van der Waals surface area contributed by atoms with E-state index in [4.69, 9.17) is 0 Å². The summed E-state index contributed by atoms with van der Waals surface area (Å²) in [6.45, 7) is 1.94. The van der Waals surface area contributed by atoms with Crippen molar-refractivity contribution in [3.8, 4) is 5.82 Å². The van der Waals surface area contributed by atoms with Crippen LogP contribution in [0, 0.1) is 0 Å². The number of carbonyl (C=O) groups is 1. The van der Waals surface area contributed by atoms with Crippen molar-refractivity contribution in [2.24, 2.45) is 14.1 Å². The van der Waals surface area contributed by atoms with Gasteiger partial charge >= 0.3 is 0 Å². The fraction of sp³-hybridized carbons (Fsp3) is 0.211. The molecule has 0 bridgehead atoms. The van der Waals surface area contributed by atoms with E-state index < -0.39 is 0 Å². The molecule has 7 nitrogen and oxygen atoms in total. The van der Waals surface area contributed by atoms with Gasteiger partial charge in [-0.25, -0.2) is 4.98 Å². The van der Waals surface area contributed by atoms with Gasteiger partial charge < -0.3 is 14.5 Å². The second kappa shape index (κ2) is 6.18. The van der Waals surface area contributed by atoms with Crippen molar-refractivity contribution in [2.75, 3.05) is 0 Å². The highest BCUT2D eigenvalue weighted by Gasteiger charge is 2.21. The number of rotatable bonds is 4. The summed E-state index contributed by atoms with van der Waals surface area (Å²) >= 11 is 0. The van der Waals surface area contributed by atoms with E-state index in [1.165, 1.54) is 0 Å². The summed E-state index contributed by atoms with van der Waals surface area (Å²) < 4.78 is 5.58. The Morgan fingerprint density at radius 2 is 1.85 bits per heavy atom. The molecule has 26 heavy (non-hydrogen) atoms. The van der Waals surface area contributed by atoms with E-state index >= 15 is 0 Å². The van der Waals surface area contributed by atoms with Gasteiger partial charge in [0.1, 0.15) is 17.2 Å². The second-order valence-corrected chi connectivity index (χ2v) is 6.31. The quantitative estimate of drug-likeness (QED) is 0.616. The Kier molecular flexibility index (Phi) is 3.84. The summed E-state index contributed by atoms with van der Waals surface area (Å²) in [6, 6.07) is 11.5. The molecule has 0 unspecified atom stereocenters. The fourth-order valence-corrected chi connectivity index (χ4v) is 3.26. The Balaban J connectivity index is 1.63. The molecule has 1 aromatic carbocycles. The van der Waals surface area contributed by atoms with E-state index in [0.717, 1.165) is 22.7 Å². The third-order valence-electron chi connectivity index (χ3n) is 4.56. The highest BCUT2D eigenvalue weighted by atomic mass is 16.1. The molecule has 0 saturated carbocycles. The Morgan fingerprint density at radius 1 is 1.12 bits per heavy atom. The predicted octanol–water partition coefficient (Wildman–Crippen LogP) is 2.59. The van der Waals surface area contributed by atoms with Crippen molar-refractivity contribution >= 4 is 16.9 Å².